The predicted molar refractivity (Wildman–Crippen MR) is 92.6 cm³/mol. The van der Waals surface area contributed by atoms with E-state index in [9.17, 15) is 9.90 Å². The largest absolute Gasteiger partial charge is 0.462 e. The average molecular weight is 321 g/mol. The van der Waals surface area contributed by atoms with Gasteiger partial charge in [0.15, 0.2) is 0 Å². The molecular weight excluding hydrogens is 290 g/mol. The molecule has 0 saturated carbocycles. The van der Waals surface area contributed by atoms with Crippen molar-refractivity contribution in [3.05, 3.63) is 23.8 Å². The molecule has 130 valence electrons. The van der Waals surface area contributed by atoms with Crippen LogP contribution in [0.5, 0.6) is 0 Å². The molecule has 0 aromatic rings. The van der Waals surface area contributed by atoms with Crippen LogP contribution in [0.4, 0.5) is 0 Å². The Kier molecular flexibility index (Phi) is 13.0. The van der Waals surface area contributed by atoms with Gasteiger partial charge in [0.05, 0.1) is 6.61 Å². The third-order valence-corrected chi connectivity index (χ3v) is 3.84. The number of rotatable bonds is 12. The Balaban J connectivity index is 4.20. The van der Waals surface area contributed by atoms with Crippen LogP contribution in [0.25, 0.3) is 0 Å². The van der Waals surface area contributed by atoms with Crippen LogP contribution in [-0.2, 0) is 9.53 Å². The lowest BCUT2D eigenvalue weighted by molar-refractivity contribution is -0.138. The number of unbranched alkanes of at least 4 members (excludes halogenated alkanes) is 4. The fraction of sp³-hybridized carbons (Fsp3) is 0.684. The van der Waals surface area contributed by atoms with Gasteiger partial charge >= 0.3 is 5.97 Å². The summed E-state index contributed by atoms with van der Waals surface area (Å²) in [6.45, 7) is 6.77. The van der Waals surface area contributed by atoms with Crippen LogP contribution < -0.4 is 0 Å². The lowest BCUT2D eigenvalue weighted by Gasteiger charge is -2.15. The van der Waals surface area contributed by atoms with Crippen molar-refractivity contribution >= 4 is 5.97 Å². The predicted octanol–water partition coefficient (Wildman–Crippen LogP) is 4.16. The van der Waals surface area contributed by atoms with Gasteiger partial charge in [0.1, 0.15) is 11.6 Å². The molecule has 0 aromatic heterocycles. The maximum absolute atomic E-state index is 11.8. The minimum Gasteiger partial charge on any atom is -0.462 e. The van der Waals surface area contributed by atoms with E-state index in [1.807, 2.05) is 12.1 Å². The Bertz CT molecular complexity index is 419. The third kappa shape index (κ3) is 10.7. The molecule has 0 aliphatic heterocycles. The Morgan fingerprint density at radius 2 is 1.96 bits per heavy atom. The Labute approximate surface area is 140 Å². The van der Waals surface area contributed by atoms with Crippen LogP contribution in [0.1, 0.15) is 59.3 Å². The van der Waals surface area contributed by atoms with E-state index in [0.717, 1.165) is 25.7 Å². The highest BCUT2D eigenvalue weighted by Gasteiger charge is 2.10. The van der Waals surface area contributed by atoms with Gasteiger partial charge < -0.3 is 9.84 Å². The second kappa shape index (κ2) is 14.0. The summed E-state index contributed by atoms with van der Waals surface area (Å²) in [6.07, 6.45) is 11.2. The minimum absolute atomic E-state index is 0.0138. The smallest absolute Gasteiger partial charge is 0.348 e. The molecule has 1 unspecified atom stereocenters. The standard InChI is InChI=1S/C19H31NO3/c1-4-5-6-7-10-13-23-19(22)17(14-20)11-8-9-12-18(15-21)16(2)3/h8-9,11,16,18,21H,4-7,10,12-13,15H2,1-3H3/b9-8+,17-11-. The molecule has 1 N–H and O–H groups in total. The van der Waals surface area contributed by atoms with Crippen LogP contribution in [-0.4, -0.2) is 24.3 Å². The van der Waals surface area contributed by atoms with Crippen molar-refractivity contribution in [3.8, 4) is 6.07 Å². The summed E-state index contributed by atoms with van der Waals surface area (Å²) in [5, 5.41) is 18.3. The van der Waals surface area contributed by atoms with Crippen molar-refractivity contribution in [2.75, 3.05) is 13.2 Å². The van der Waals surface area contributed by atoms with Crippen LogP contribution in [0.3, 0.4) is 0 Å². The van der Waals surface area contributed by atoms with Gasteiger partial charge in [-0.3, -0.25) is 0 Å². The van der Waals surface area contributed by atoms with Crippen molar-refractivity contribution in [1.82, 2.24) is 0 Å². The molecule has 4 heteroatoms. The lowest BCUT2D eigenvalue weighted by atomic mass is 9.93. The Morgan fingerprint density at radius 1 is 1.26 bits per heavy atom. The molecule has 1 atom stereocenters. The molecule has 0 aliphatic carbocycles. The van der Waals surface area contributed by atoms with Gasteiger partial charge in [0, 0.05) is 6.61 Å². The molecule has 0 fully saturated rings. The molecule has 4 nitrogen and oxygen atoms in total. The third-order valence-electron chi connectivity index (χ3n) is 3.84. The van der Waals surface area contributed by atoms with Gasteiger partial charge in [-0.05, 0) is 30.8 Å². The van der Waals surface area contributed by atoms with Crippen LogP contribution >= 0.6 is 0 Å². The molecule has 0 aromatic carbocycles. The number of carbonyl (C=O) groups is 1. The first kappa shape index (κ1) is 21.4. The summed E-state index contributed by atoms with van der Waals surface area (Å²) in [7, 11) is 0. The zero-order valence-electron chi connectivity index (χ0n) is 14.8. The van der Waals surface area contributed by atoms with Crippen LogP contribution in [0.2, 0.25) is 0 Å². The lowest BCUT2D eigenvalue weighted by Crippen LogP contribution is -2.12. The van der Waals surface area contributed by atoms with Crippen molar-refractivity contribution in [3.63, 3.8) is 0 Å². The van der Waals surface area contributed by atoms with E-state index in [-0.39, 0.29) is 18.1 Å². The van der Waals surface area contributed by atoms with Gasteiger partial charge in [-0.15, -0.1) is 0 Å². The molecule has 0 aliphatic rings. The number of allylic oxidation sites excluding steroid dienone is 3. The maximum atomic E-state index is 11.8. The number of aliphatic hydroxyl groups is 1. The second-order valence-corrected chi connectivity index (χ2v) is 6.09. The number of nitrogens with zero attached hydrogens (tertiary/aromatic N) is 1. The molecule has 23 heavy (non-hydrogen) atoms. The zero-order chi connectivity index (χ0) is 17.5. The summed E-state index contributed by atoms with van der Waals surface area (Å²) in [4.78, 5) is 11.8. The molecule has 0 rings (SSSR count). The normalized spacial score (nSPS) is 13.3. The van der Waals surface area contributed by atoms with E-state index in [1.54, 1.807) is 6.08 Å². The maximum Gasteiger partial charge on any atom is 0.348 e. The summed E-state index contributed by atoms with van der Waals surface area (Å²) < 4.78 is 5.11. The van der Waals surface area contributed by atoms with Crippen molar-refractivity contribution in [2.24, 2.45) is 11.8 Å². The van der Waals surface area contributed by atoms with Gasteiger partial charge in [-0.25, -0.2) is 4.79 Å². The van der Waals surface area contributed by atoms with Crippen molar-refractivity contribution in [1.29, 1.82) is 5.26 Å². The summed E-state index contributed by atoms with van der Waals surface area (Å²) in [5.41, 5.74) is 0.0138. The zero-order valence-corrected chi connectivity index (χ0v) is 14.8. The van der Waals surface area contributed by atoms with E-state index >= 15 is 0 Å². The Morgan fingerprint density at radius 3 is 2.52 bits per heavy atom. The fourth-order valence-corrected chi connectivity index (χ4v) is 2.07. The average Bonchev–Trinajstić information content (AvgIpc) is 2.53. The number of hydrogen-bond donors (Lipinski definition) is 1. The molecule has 0 saturated heterocycles. The minimum atomic E-state index is -0.560. The first-order valence-electron chi connectivity index (χ1n) is 8.61. The molecule has 0 spiro atoms. The van der Waals surface area contributed by atoms with Gasteiger partial charge in [-0.2, -0.15) is 5.26 Å². The van der Waals surface area contributed by atoms with E-state index in [4.69, 9.17) is 10.00 Å². The summed E-state index contributed by atoms with van der Waals surface area (Å²) in [6, 6.07) is 1.87. The van der Waals surface area contributed by atoms with E-state index in [2.05, 4.69) is 20.8 Å². The number of carbonyl (C=O) groups excluding carboxylic acids is 1. The van der Waals surface area contributed by atoms with Crippen molar-refractivity contribution in [2.45, 2.75) is 59.3 Å². The molecule has 0 bridgehead atoms. The highest BCUT2D eigenvalue weighted by molar-refractivity contribution is 5.93. The Hall–Kier alpha value is -1.60. The van der Waals surface area contributed by atoms with E-state index < -0.39 is 5.97 Å². The van der Waals surface area contributed by atoms with E-state index in [1.165, 1.54) is 18.9 Å². The first-order valence-corrected chi connectivity index (χ1v) is 8.61. The number of esters is 1. The summed E-state index contributed by atoms with van der Waals surface area (Å²) >= 11 is 0. The molecular formula is C19H31NO3. The quantitative estimate of drug-likeness (QED) is 0.193. The van der Waals surface area contributed by atoms with Gasteiger partial charge in [0.25, 0.3) is 0 Å². The SMILES string of the molecule is CCCCCCCOC(=O)/C(C#N)=C\C=C\CC(CO)C(C)C. The fourth-order valence-electron chi connectivity index (χ4n) is 2.07. The number of nitriles is 1. The first-order chi connectivity index (χ1) is 11.1. The van der Waals surface area contributed by atoms with Crippen LogP contribution in [0.15, 0.2) is 23.8 Å². The highest BCUT2D eigenvalue weighted by Crippen LogP contribution is 2.14. The second-order valence-electron chi connectivity index (χ2n) is 6.09. The molecule has 0 radical (unpaired) electrons. The summed E-state index contributed by atoms with van der Waals surface area (Å²) in [5.74, 6) is 0.0252. The van der Waals surface area contributed by atoms with Gasteiger partial charge in [0.2, 0.25) is 0 Å². The molecule has 0 heterocycles. The highest BCUT2D eigenvalue weighted by atomic mass is 16.5. The number of aliphatic hydroxyl groups excluding tert-OH is 1. The number of hydrogen-bond acceptors (Lipinski definition) is 4. The molecule has 0 amide bonds. The topological polar surface area (TPSA) is 70.3 Å². The van der Waals surface area contributed by atoms with Crippen LogP contribution in [0, 0.1) is 23.2 Å². The monoisotopic (exact) mass is 321 g/mol. The van der Waals surface area contributed by atoms with Gasteiger partial charge in [-0.1, -0.05) is 58.6 Å². The number of ether oxygens (including phenoxy) is 1. The van der Waals surface area contributed by atoms with E-state index in [0.29, 0.717) is 12.5 Å². The van der Waals surface area contributed by atoms with Crippen molar-refractivity contribution < 1.29 is 14.6 Å².